The Balaban J connectivity index is 2.31. The molecule has 1 heterocycles. The van der Waals surface area contributed by atoms with Crippen LogP contribution in [0.1, 0.15) is 10.5 Å². The third kappa shape index (κ3) is 1.93. The summed E-state index contributed by atoms with van der Waals surface area (Å²) >= 11 is 3.55. The predicted molar refractivity (Wildman–Crippen MR) is 83.0 cm³/mol. The monoisotopic (exact) mass is 329 g/mol. The van der Waals surface area contributed by atoms with E-state index in [1.807, 2.05) is 42.5 Å². The lowest BCUT2D eigenvalue weighted by Gasteiger charge is -2.10. The molecule has 1 N–H and O–H groups in total. The van der Waals surface area contributed by atoms with E-state index in [-0.39, 0.29) is 5.69 Å². The summed E-state index contributed by atoms with van der Waals surface area (Å²) in [5.74, 6) is -0.917. The van der Waals surface area contributed by atoms with Crippen LogP contribution < -0.4 is 0 Å². The first-order valence-electron chi connectivity index (χ1n) is 6.16. The summed E-state index contributed by atoms with van der Waals surface area (Å²) in [5, 5.41) is 11.4. The van der Waals surface area contributed by atoms with Gasteiger partial charge in [-0.3, -0.25) is 0 Å². The summed E-state index contributed by atoms with van der Waals surface area (Å²) in [7, 11) is 1.77. The number of rotatable bonds is 2. The van der Waals surface area contributed by atoms with Crippen LogP contribution in [0.25, 0.3) is 22.0 Å². The van der Waals surface area contributed by atoms with E-state index in [0.29, 0.717) is 0 Å². The van der Waals surface area contributed by atoms with E-state index in [4.69, 9.17) is 5.11 Å². The average Bonchev–Trinajstić information content (AvgIpc) is 2.82. The van der Waals surface area contributed by atoms with Crippen LogP contribution in [0.5, 0.6) is 0 Å². The van der Waals surface area contributed by atoms with Gasteiger partial charge in [0.25, 0.3) is 0 Å². The van der Waals surface area contributed by atoms with E-state index in [9.17, 15) is 4.79 Å². The van der Waals surface area contributed by atoms with Crippen molar-refractivity contribution in [2.45, 2.75) is 0 Å². The molecular weight excluding hydrogens is 318 g/mol. The zero-order valence-corrected chi connectivity index (χ0v) is 12.4. The Bertz CT molecular complexity index is 820. The lowest BCUT2D eigenvalue weighted by atomic mass is 10.0. The minimum atomic E-state index is -0.917. The van der Waals surface area contributed by atoms with Crippen LogP contribution >= 0.6 is 15.9 Å². The molecule has 3 nitrogen and oxygen atoms in total. The van der Waals surface area contributed by atoms with Gasteiger partial charge in [0.1, 0.15) is 5.69 Å². The molecular formula is C16H12BrNO2. The van der Waals surface area contributed by atoms with Gasteiger partial charge in [-0.2, -0.15) is 0 Å². The van der Waals surface area contributed by atoms with Crippen molar-refractivity contribution >= 4 is 32.7 Å². The van der Waals surface area contributed by atoms with E-state index in [1.54, 1.807) is 17.7 Å². The second kappa shape index (κ2) is 4.80. The van der Waals surface area contributed by atoms with Gasteiger partial charge in [0.15, 0.2) is 0 Å². The van der Waals surface area contributed by atoms with Crippen molar-refractivity contribution in [3.63, 3.8) is 0 Å². The fourth-order valence-corrected chi connectivity index (χ4v) is 2.96. The molecule has 20 heavy (non-hydrogen) atoms. The Labute approximate surface area is 124 Å². The third-order valence-electron chi connectivity index (χ3n) is 3.49. The highest BCUT2D eigenvalue weighted by Crippen LogP contribution is 2.33. The van der Waals surface area contributed by atoms with Gasteiger partial charge >= 0.3 is 5.97 Å². The highest BCUT2D eigenvalue weighted by molar-refractivity contribution is 9.10. The number of halogens is 1. The van der Waals surface area contributed by atoms with Crippen molar-refractivity contribution in [3.05, 3.63) is 58.7 Å². The number of carbonyl (C=O) groups is 1. The van der Waals surface area contributed by atoms with Gasteiger partial charge in [-0.25, -0.2) is 4.79 Å². The summed E-state index contributed by atoms with van der Waals surface area (Å²) < 4.78 is 2.74. The standard InChI is InChI=1S/C16H12BrNO2/c1-18-14(8-9-15(18)16(19)20)12-6-7-13(17)11-5-3-2-4-10(11)12/h2-9H,1H3,(H,19,20). The van der Waals surface area contributed by atoms with Crippen LogP contribution in [0.2, 0.25) is 0 Å². The summed E-state index contributed by atoms with van der Waals surface area (Å²) in [4.78, 5) is 11.2. The van der Waals surface area contributed by atoms with Crippen LogP contribution in [0, 0.1) is 0 Å². The van der Waals surface area contributed by atoms with Gasteiger partial charge in [0.05, 0.1) is 0 Å². The fraction of sp³-hybridized carbons (Fsp3) is 0.0625. The number of nitrogens with zero attached hydrogens (tertiary/aromatic N) is 1. The van der Waals surface area contributed by atoms with E-state index < -0.39 is 5.97 Å². The van der Waals surface area contributed by atoms with E-state index in [2.05, 4.69) is 15.9 Å². The van der Waals surface area contributed by atoms with E-state index >= 15 is 0 Å². The smallest absolute Gasteiger partial charge is 0.352 e. The molecule has 4 heteroatoms. The van der Waals surface area contributed by atoms with E-state index in [0.717, 1.165) is 26.5 Å². The molecule has 0 bridgehead atoms. The largest absolute Gasteiger partial charge is 0.477 e. The second-order valence-electron chi connectivity index (χ2n) is 4.61. The molecule has 100 valence electrons. The number of benzene rings is 2. The quantitative estimate of drug-likeness (QED) is 0.761. The zero-order valence-electron chi connectivity index (χ0n) is 10.8. The molecule has 0 aliphatic rings. The van der Waals surface area contributed by atoms with Gasteiger partial charge in [-0.05, 0) is 29.0 Å². The Morgan fingerprint density at radius 3 is 2.40 bits per heavy atom. The topological polar surface area (TPSA) is 42.2 Å². The Hall–Kier alpha value is -2.07. The van der Waals surface area contributed by atoms with Crippen molar-refractivity contribution in [1.82, 2.24) is 4.57 Å². The first kappa shape index (κ1) is 12.9. The maximum absolute atomic E-state index is 11.2. The third-order valence-corrected chi connectivity index (χ3v) is 4.18. The maximum Gasteiger partial charge on any atom is 0.352 e. The number of fused-ring (bicyclic) bond motifs is 1. The van der Waals surface area contributed by atoms with Gasteiger partial charge in [0.2, 0.25) is 0 Å². The van der Waals surface area contributed by atoms with Crippen LogP contribution in [-0.2, 0) is 7.05 Å². The van der Waals surface area contributed by atoms with Crippen LogP contribution in [0.4, 0.5) is 0 Å². The van der Waals surface area contributed by atoms with Crippen molar-refractivity contribution in [3.8, 4) is 11.3 Å². The van der Waals surface area contributed by atoms with Crippen LogP contribution in [0.15, 0.2) is 53.0 Å². The minimum Gasteiger partial charge on any atom is -0.477 e. The molecule has 0 aliphatic heterocycles. The first-order chi connectivity index (χ1) is 9.59. The summed E-state index contributed by atoms with van der Waals surface area (Å²) in [6, 6.07) is 15.5. The maximum atomic E-state index is 11.2. The molecule has 0 fully saturated rings. The van der Waals surface area contributed by atoms with Crippen LogP contribution in [-0.4, -0.2) is 15.6 Å². The lowest BCUT2D eigenvalue weighted by Crippen LogP contribution is -2.05. The summed E-state index contributed by atoms with van der Waals surface area (Å²) in [6.07, 6.45) is 0. The number of aromatic nitrogens is 1. The highest BCUT2D eigenvalue weighted by Gasteiger charge is 2.14. The van der Waals surface area contributed by atoms with Crippen molar-refractivity contribution < 1.29 is 9.90 Å². The number of aromatic carboxylic acids is 1. The zero-order chi connectivity index (χ0) is 14.3. The second-order valence-corrected chi connectivity index (χ2v) is 5.46. The van der Waals surface area contributed by atoms with Crippen molar-refractivity contribution in [1.29, 1.82) is 0 Å². The summed E-state index contributed by atoms with van der Waals surface area (Å²) in [5.41, 5.74) is 2.21. The van der Waals surface area contributed by atoms with Gasteiger partial charge in [-0.15, -0.1) is 0 Å². The normalized spacial score (nSPS) is 10.9. The molecule has 0 amide bonds. The highest BCUT2D eigenvalue weighted by atomic mass is 79.9. The number of hydrogen-bond donors (Lipinski definition) is 1. The summed E-state index contributed by atoms with van der Waals surface area (Å²) in [6.45, 7) is 0. The molecule has 0 saturated heterocycles. The van der Waals surface area contributed by atoms with Crippen molar-refractivity contribution in [2.75, 3.05) is 0 Å². The SMILES string of the molecule is Cn1c(C(=O)O)ccc1-c1ccc(Br)c2ccccc12. The molecule has 0 spiro atoms. The Kier molecular flexibility index (Phi) is 3.10. The number of hydrogen-bond acceptors (Lipinski definition) is 1. The number of carboxylic acid groups (broad SMARTS) is 1. The Morgan fingerprint density at radius 1 is 1.05 bits per heavy atom. The molecule has 0 atom stereocenters. The van der Waals surface area contributed by atoms with Crippen molar-refractivity contribution in [2.24, 2.45) is 7.05 Å². The molecule has 1 aromatic heterocycles. The van der Waals surface area contributed by atoms with Gasteiger partial charge in [0, 0.05) is 22.8 Å². The molecule has 3 rings (SSSR count). The van der Waals surface area contributed by atoms with Crippen LogP contribution in [0.3, 0.4) is 0 Å². The molecule has 0 saturated carbocycles. The fourth-order valence-electron chi connectivity index (χ4n) is 2.48. The molecule has 0 unspecified atom stereocenters. The van der Waals surface area contributed by atoms with Gasteiger partial charge < -0.3 is 9.67 Å². The first-order valence-corrected chi connectivity index (χ1v) is 6.95. The van der Waals surface area contributed by atoms with Gasteiger partial charge in [-0.1, -0.05) is 46.3 Å². The Morgan fingerprint density at radius 2 is 1.75 bits per heavy atom. The number of carboxylic acids is 1. The molecule has 0 aliphatic carbocycles. The average molecular weight is 330 g/mol. The predicted octanol–water partition coefficient (Wildman–Crippen LogP) is 4.31. The molecule has 3 aromatic rings. The lowest BCUT2D eigenvalue weighted by molar-refractivity contribution is 0.0687. The molecule has 2 aromatic carbocycles. The molecule has 0 radical (unpaired) electrons. The minimum absolute atomic E-state index is 0.284. The van der Waals surface area contributed by atoms with E-state index in [1.165, 1.54) is 0 Å².